The highest BCUT2D eigenvalue weighted by Crippen LogP contribution is 2.20. The van der Waals surface area contributed by atoms with Crippen LogP contribution in [0.15, 0.2) is 40.4 Å². The monoisotopic (exact) mass is 297 g/mol. The summed E-state index contributed by atoms with van der Waals surface area (Å²) in [6.07, 6.45) is 3.62. The van der Waals surface area contributed by atoms with Crippen LogP contribution >= 0.6 is 11.8 Å². The minimum Gasteiger partial charge on any atom is -0.255 e. The third-order valence-electron chi connectivity index (χ3n) is 2.03. The van der Waals surface area contributed by atoms with Gasteiger partial charge in [0.25, 0.3) is 0 Å². The van der Waals surface area contributed by atoms with Gasteiger partial charge in [0.15, 0.2) is 0 Å². The second-order valence-corrected chi connectivity index (χ2v) is 5.65. The van der Waals surface area contributed by atoms with Crippen molar-refractivity contribution >= 4 is 28.7 Å². The molecule has 1 aromatic carbocycles. The lowest BCUT2D eigenvalue weighted by Gasteiger charge is -2.00. The summed E-state index contributed by atoms with van der Waals surface area (Å²) < 4.78 is 11.2. The van der Waals surface area contributed by atoms with Crippen molar-refractivity contribution in [3.63, 3.8) is 0 Å². The van der Waals surface area contributed by atoms with E-state index >= 15 is 0 Å². The predicted molar refractivity (Wildman–Crippen MR) is 69.7 cm³/mol. The fraction of sp³-hybridized carbons (Fsp3) is 0.182. The number of rotatable bonds is 4. The van der Waals surface area contributed by atoms with Crippen molar-refractivity contribution in [1.29, 1.82) is 0 Å². The molecule has 1 aromatic heterocycles. The number of carbonyl (C=O) groups excluding carboxylic acids is 2. The third kappa shape index (κ3) is 5.60. The van der Waals surface area contributed by atoms with Crippen LogP contribution in [0.2, 0.25) is 0 Å². The van der Waals surface area contributed by atoms with Crippen LogP contribution in [-0.4, -0.2) is 32.0 Å². The molecule has 1 N–H and O–H groups in total. The van der Waals surface area contributed by atoms with Crippen molar-refractivity contribution in [2.45, 2.75) is 15.7 Å². The Balaban J connectivity index is 0.000000550. The standard InChI is InChI=1S/C10H11N3OS2.CO2/c1-16(14)9-4-2-8(3-5-9)7-15-10-6-11-13-12-10;2-1-3/h2-6H,7H2,1H3,(H,11,12,13);. The summed E-state index contributed by atoms with van der Waals surface area (Å²) >= 11 is 1.61. The van der Waals surface area contributed by atoms with Crippen molar-refractivity contribution in [3.05, 3.63) is 36.0 Å². The molecule has 0 saturated carbocycles. The van der Waals surface area contributed by atoms with Crippen molar-refractivity contribution in [3.8, 4) is 0 Å². The van der Waals surface area contributed by atoms with Crippen molar-refractivity contribution in [2.24, 2.45) is 0 Å². The smallest absolute Gasteiger partial charge is 0.255 e. The van der Waals surface area contributed by atoms with Crippen molar-refractivity contribution < 1.29 is 13.8 Å². The zero-order valence-corrected chi connectivity index (χ0v) is 11.7. The summed E-state index contributed by atoms with van der Waals surface area (Å²) in [5, 5.41) is 11.1. The van der Waals surface area contributed by atoms with Gasteiger partial charge in [-0.3, -0.25) is 4.21 Å². The van der Waals surface area contributed by atoms with Crippen LogP contribution in [0.4, 0.5) is 0 Å². The Labute approximate surface area is 116 Å². The number of aromatic amines is 1. The molecule has 0 bridgehead atoms. The molecule has 2 aromatic rings. The molecule has 8 heteroatoms. The van der Waals surface area contributed by atoms with Crippen LogP contribution in [0.3, 0.4) is 0 Å². The summed E-state index contributed by atoms with van der Waals surface area (Å²) in [5.41, 5.74) is 1.18. The van der Waals surface area contributed by atoms with E-state index in [0.29, 0.717) is 0 Å². The molecule has 1 unspecified atom stereocenters. The lowest BCUT2D eigenvalue weighted by Crippen LogP contribution is -1.88. The van der Waals surface area contributed by atoms with Gasteiger partial charge < -0.3 is 0 Å². The first kappa shape index (κ1) is 15.3. The predicted octanol–water partition coefficient (Wildman–Crippen LogP) is 1.25. The Morgan fingerprint density at radius 1 is 1.32 bits per heavy atom. The topological polar surface area (TPSA) is 92.8 Å². The third-order valence-corrected chi connectivity index (χ3v) is 3.94. The molecule has 19 heavy (non-hydrogen) atoms. The van der Waals surface area contributed by atoms with Crippen LogP contribution < -0.4 is 0 Å². The highest BCUT2D eigenvalue weighted by molar-refractivity contribution is 7.98. The molecule has 6 nitrogen and oxygen atoms in total. The van der Waals surface area contributed by atoms with Gasteiger partial charge >= 0.3 is 6.15 Å². The van der Waals surface area contributed by atoms with Gasteiger partial charge in [-0.2, -0.15) is 19.9 Å². The Bertz CT molecular complexity index is 549. The van der Waals surface area contributed by atoms with Crippen molar-refractivity contribution in [2.75, 3.05) is 6.26 Å². The molecule has 1 heterocycles. The molecule has 0 amide bonds. The highest BCUT2D eigenvalue weighted by atomic mass is 32.2. The lowest BCUT2D eigenvalue weighted by molar-refractivity contribution is -0.191. The summed E-state index contributed by atoms with van der Waals surface area (Å²) in [6, 6.07) is 7.78. The minimum atomic E-state index is -0.905. The molecular formula is C11H11N3O3S2. The Hall–Kier alpha value is -1.76. The minimum absolute atomic E-state index is 0.250. The van der Waals surface area contributed by atoms with E-state index < -0.39 is 10.8 Å². The summed E-state index contributed by atoms with van der Waals surface area (Å²) in [6.45, 7) is 0. The Kier molecular flexibility index (Phi) is 6.73. The van der Waals surface area contributed by atoms with Gasteiger partial charge in [0, 0.05) is 27.7 Å². The molecule has 0 saturated heterocycles. The number of aromatic nitrogens is 3. The molecule has 100 valence electrons. The van der Waals surface area contributed by atoms with Crippen LogP contribution in [0, 0.1) is 0 Å². The van der Waals surface area contributed by atoms with Crippen LogP contribution in [0.5, 0.6) is 0 Å². The molecule has 0 aliphatic carbocycles. The van der Waals surface area contributed by atoms with E-state index in [4.69, 9.17) is 9.59 Å². The summed E-state index contributed by atoms with van der Waals surface area (Å²) in [4.78, 5) is 17.1. The van der Waals surface area contributed by atoms with Gasteiger partial charge in [-0.15, -0.1) is 5.10 Å². The van der Waals surface area contributed by atoms with E-state index in [1.165, 1.54) is 5.56 Å². The molecule has 2 rings (SSSR count). The second-order valence-electron chi connectivity index (χ2n) is 3.28. The fourth-order valence-electron chi connectivity index (χ4n) is 1.20. The first-order valence-corrected chi connectivity index (χ1v) is 7.62. The van der Waals surface area contributed by atoms with E-state index in [9.17, 15) is 4.21 Å². The lowest BCUT2D eigenvalue weighted by atomic mass is 10.2. The van der Waals surface area contributed by atoms with E-state index in [0.717, 1.165) is 15.7 Å². The Morgan fingerprint density at radius 3 is 2.42 bits per heavy atom. The normalized spacial score (nSPS) is 11.0. The number of H-pyrrole nitrogens is 1. The molecule has 0 spiro atoms. The molecular weight excluding hydrogens is 286 g/mol. The molecule has 0 radical (unpaired) electrons. The van der Waals surface area contributed by atoms with Gasteiger partial charge in [-0.1, -0.05) is 23.9 Å². The maximum Gasteiger partial charge on any atom is 0.373 e. The maximum atomic E-state index is 11.2. The summed E-state index contributed by atoms with van der Waals surface area (Å²) in [7, 11) is -0.905. The van der Waals surface area contributed by atoms with Crippen LogP contribution in [0.25, 0.3) is 0 Å². The number of thioether (sulfide) groups is 1. The molecule has 0 aliphatic rings. The number of nitrogens with one attached hydrogen (secondary N) is 1. The largest absolute Gasteiger partial charge is 0.373 e. The second kappa shape index (κ2) is 8.36. The molecule has 0 aliphatic heterocycles. The zero-order chi connectivity index (χ0) is 14.1. The molecule has 0 fully saturated rings. The van der Waals surface area contributed by atoms with Gasteiger partial charge in [-0.05, 0) is 17.7 Å². The van der Waals surface area contributed by atoms with Gasteiger partial charge in [0.1, 0.15) is 5.03 Å². The van der Waals surface area contributed by atoms with Crippen molar-refractivity contribution in [1.82, 2.24) is 15.4 Å². The van der Waals surface area contributed by atoms with Crippen LogP contribution in [0.1, 0.15) is 5.56 Å². The summed E-state index contributed by atoms with van der Waals surface area (Å²) in [5.74, 6) is 0.836. The first-order valence-electron chi connectivity index (χ1n) is 5.07. The average Bonchev–Trinajstić information content (AvgIpc) is 2.91. The SMILES string of the molecule is CS(=O)c1ccc(CSc2cn[nH]n2)cc1.O=C=O. The van der Waals surface area contributed by atoms with E-state index in [-0.39, 0.29) is 6.15 Å². The van der Waals surface area contributed by atoms with Crippen LogP contribution in [-0.2, 0) is 26.1 Å². The van der Waals surface area contributed by atoms with Gasteiger partial charge in [-0.25, -0.2) is 0 Å². The highest BCUT2D eigenvalue weighted by Gasteiger charge is 2.00. The Morgan fingerprint density at radius 2 is 1.95 bits per heavy atom. The van der Waals surface area contributed by atoms with E-state index in [1.807, 2.05) is 24.3 Å². The zero-order valence-electron chi connectivity index (χ0n) is 10.0. The number of hydrogen-bond donors (Lipinski definition) is 1. The number of benzene rings is 1. The number of nitrogens with zero attached hydrogens (tertiary/aromatic N) is 2. The fourth-order valence-corrected chi connectivity index (χ4v) is 2.45. The average molecular weight is 297 g/mol. The number of hydrogen-bond acceptors (Lipinski definition) is 6. The maximum absolute atomic E-state index is 11.2. The van der Waals surface area contributed by atoms with Gasteiger partial charge in [0.05, 0.1) is 6.20 Å². The van der Waals surface area contributed by atoms with Gasteiger partial charge in [0.2, 0.25) is 0 Å². The quantitative estimate of drug-likeness (QED) is 0.854. The first-order chi connectivity index (χ1) is 9.17. The van der Waals surface area contributed by atoms with E-state index in [1.54, 1.807) is 24.2 Å². The molecule has 1 atom stereocenters. The van der Waals surface area contributed by atoms with E-state index in [2.05, 4.69) is 15.4 Å².